The SMILES string of the molecule is CCSCCC(C)NC(=O)N[C@H](C(=O)O)[C@@H](C)O. The summed E-state index contributed by atoms with van der Waals surface area (Å²) in [6.45, 7) is 5.24. The van der Waals surface area contributed by atoms with Crippen LogP contribution in [-0.4, -0.2) is 51.9 Å². The molecule has 0 aromatic heterocycles. The van der Waals surface area contributed by atoms with Gasteiger partial charge in [-0.3, -0.25) is 0 Å². The van der Waals surface area contributed by atoms with E-state index in [-0.39, 0.29) is 6.04 Å². The number of carboxylic acid groups (broad SMARTS) is 1. The fourth-order valence-corrected chi connectivity index (χ4v) is 2.08. The van der Waals surface area contributed by atoms with Crippen molar-refractivity contribution in [2.75, 3.05) is 11.5 Å². The highest BCUT2D eigenvalue weighted by molar-refractivity contribution is 7.99. The van der Waals surface area contributed by atoms with Crippen LogP contribution in [0.5, 0.6) is 0 Å². The molecule has 0 aliphatic carbocycles. The Morgan fingerprint density at radius 1 is 1.28 bits per heavy atom. The summed E-state index contributed by atoms with van der Waals surface area (Å²) >= 11 is 1.78. The highest BCUT2D eigenvalue weighted by Gasteiger charge is 2.25. The molecule has 7 heteroatoms. The summed E-state index contributed by atoms with van der Waals surface area (Å²) in [7, 11) is 0. The molecular formula is C11H22N2O4S. The zero-order valence-electron chi connectivity index (χ0n) is 11.0. The third-order valence-electron chi connectivity index (χ3n) is 2.31. The molecule has 0 aliphatic heterocycles. The molecule has 3 atom stereocenters. The van der Waals surface area contributed by atoms with Crippen molar-refractivity contribution >= 4 is 23.8 Å². The molecule has 1 unspecified atom stereocenters. The molecule has 106 valence electrons. The minimum atomic E-state index is -1.29. The molecule has 0 bridgehead atoms. The lowest BCUT2D eigenvalue weighted by Gasteiger charge is -2.19. The van der Waals surface area contributed by atoms with Crippen LogP contribution in [0.4, 0.5) is 4.79 Å². The van der Waals surface area contributed by atoms with Crippen LogP contribution in [0.25, 0.3) is 0 Å². The molecule has 2 amide bonds. The Kier molecular flexibility index (Phi) is 8.57. The smallest absolute Gasteiger partial charge is 0.328 e. The fraction of sp³-hybridized carbons (Fsp3) is 0.818. The molecule has 0 saturated carbocycles. The first-order valence-corrected chi connectivity index (χ1v) is 7.09. The fourth-order valence-electron chi connectivity index (χ4n) is 1.27. The first kappa shape index (κ1) is 17.1. The van der Waals surface area contributed by atoms with Crippen LogP contribution in [0.3, 0.4) is 0 Å². The predicted octanol–water partition coefficient (Wildman–Crippen LogP) is 0.651. The van der Waals surface area contributed by atoms with Gasteiger partial charge in [0.25, 0.3) is 0 Å². The largest absolute Gasteiger partial charge is 0.480 e. The van der Waals surface area contributed by atoms with E-state index < -0.39 is 24.1 Å². The van der Waals surface area contributed by atoms with Gasteiger partial charge < -0.3 is 20.8 Å². The van der Waals surface area contributed by atoms with Crippen LogP contribution in [0.1, 0.15) is 27.2 Å². The molecule has 0 radical (unpaired) electrons. The number of aliphatic hydroxyl groups excluding tert-OH is 1. The molecule has 0 aromatic carbocycles. The van der Waals surface area contributed by atoms with E-state index in [9.17, 15) is 14.7 Å². The van der Waals surface area contributed by atoms with Crippen molar-refractivity contribution in [1.29, 1.82) is 0 Å². The normalized spacial score (nSPS) is 15.6. The first-order chi connectivity index (χ1) is 8.38. The van der Waals surface area contributed by atoms with Gasteiger partial charge in [0, 0.05) is 6.04 Å². The topological polar surface area (TPSA) is 98.7 Å². The number of carbonyl (C=O) groups excluding carboxylic acids is 1. The number of rotatable bonds is 8. The maximum Gasteiger partial charge on any atom is 0.328 e. The number of urea groups is 1. The lowest BCUT2D eigenvalue weighted by atomic mass is 10.2. The Labute approximate surface area is 112 Å². The summed E-state index contributed by atoms with van der Waals surface area (Å²) < 4.78 is 0. The third-order valence-corrected chi connectivity index (χ3v) is 3.24. The molecule has 4 N–H and O–H groups in total. The molecule has 0 spiro atoms. The number of aliphatic hydroxyl groups is 1. The van der Waals surface area contributed by atoms with Gasteiger partial charge >= 0.3 is 12.0 Å². The van der Waals surface area contributed by atoms with Gasteiger partial charge in [-0.05, 0) is 31.8 Å². The first-order valence-electron chi connectivity index (χ1n) is 5.94. The molecule has 0 aliphatic rings. The van der Waals surface area contributed by atoms with E-state index in [0.717, 1.165) is 17.9 Å². The van der Waals surface area contributed by atoms with E-state index in [1.165, 1.54) is 6.92 Å². The predicted molar refractivity (Wildman–Crippen MR) is 71.9 cm³/mol. The lowest BCUT2D eigenvalue weighted by molar-refractivity contribution is -0.141. The van der Waals surface area contributed by atoms with Crippen LogP contribution in [0.2, 0.25) is 0 Å². The van der Waals surface area contributed by atoms with E-state index in [4.69, 9.17) is 5.11 Å². The summed E-state index contributed by atoms with van der Waals surface area (Å²) in [5.41, 5.74) is 0. The third kappa shape index (κ3) is 7.39. The van der Waals surface area contributed by atoms with E-state index in [0.29, 0.717) is 0 Å². The van der Waals surface area contributed by atoms with Crippen molar-refractivity contribution in [3.05, 3.63) is 0 Å². The summed E-state index contributed by atoms with van der Waals surface area (Å²) in [6, 6.07) is -1.90. The summed E-state index contributed by atoms with van der Waals surface area (Å²) in [5, 5.41) is 22.9. The monoisotopic (exact) mass is 278 g/mol. The van der Waals surface area contributed by atoms with Crippen molar-refractivity contribution in [3.63, 3.8) is 0 Å². The quantitative estimate of drug-likeness (QED) is 0.489. The van der Waals surface area contributed by atoms with E-state index in [1.807, 2.05) is 6.92 Å². The number of amides is 2. The second kappa shape index (κ2) is 9.04. The van der Waals surface area contributed by atoms with Gasteiger partial charge in [0.05, 0.1) is 6.10 Å². The van der Waals surface area contributed by atoms with E-state index in [1.54, 1.807) is 11.8 Å². The summed E-state index contributed by atoms with van der Waals surface area (Å²) in [5.74, 6) is 0.716. The highest BCUT2D eigenvalue weighted by atomic mass is 32.2. The van der Waals surface area contributed by atoms with Crippen LogP contribution in [0.15, 0.2) is 0 Å². The molecule has 0 saturated heterocycles. The number of aliphatic carboxylic acids is 1. The minimum absolute atomic E-state index is 0.0347. The second-order valence-corrected chi connectivity index (χ2v) is 5.45. The van der Waals surface area contributed by atoms with E-state index in [2.05, 4.69) is 17.6 Å². The zero-order valence-corrected chi connectivity index (χ0v) is 11.8. The molecule has 0 fully saturated rings. The number of hydrogen-bond donors (Lipinski definition) is 4. The molecular weight excluding hydrogens is 256 g/mol. The van der Waals surface area contributed by atoms with Crippen molar-refractivity contribution in [2.24, 2.45) is 0 Å². The van der Waals surface area contributed by atoms with Crippen molar-refractivity contribution in [3.8, 4) is 0 Å². The Hall–Kier alpha value is -0.950. The van der Waals surface area contributed by atoms with Crippen molar-refractivity contribution in [2.45, 2.75) is 45.4 Å². The number of nitrogens with one attached hydrogen (secondary N) is 2. The maximum absolute atomic E-state index is 11.5. The van der Waals surface area contributed by atoms with Crippen molar-refractivity contribution in [1.82, 2.24) is 10.6 Å². The molecule has 6 nitrogen and oxygen atoms in total. The maximum atomic E-state index is 11.5. The van der Waals surface area contributed by atoms with Crippen LogP contribution < -0.4 is 10.6 Å². The van der Waals surface area contributed by atoms with Crippen LogP contribution >= 0.6 is 11.8 Å². The second-order valence-electron chi connectivity index (χ2n) is 4.06. The van der Waals surface area contributed by atoms with Gasteiger partial charge in [0.1, 0.15) is 0 Å². The average Bonchev–Trinajstić information content (AvgIpc) is 2.25. The van der Waals surface area contributed by atoms with Gasteiger partial charge in [0.2, 0.25) is 0 Å². The van der Waals surface area contributed by atoms with Gasteiger partial charge in [-0.1, -0.05) is 6.92 Å². The Balaban J connectivity index is 4.04. The standard InChI is InChI=1S/C11H22N2O4S/c1-4-18-6-5-7(2)12-11(17)13-9(8(3)14)10(15)16/h7-9,14H,4-6H2,1-3H3,(H,15,16)(H2,12,13,17)/t7?,8-,9+/m1/s1. The number of carboxylic acids is 1. The Bertz CT molecular complexity index is 274. The van der Waals surface area contributed by atoms with E-state index >= 15 is 0 Å². The Morgan fingerprint density at radius 2 is 1.89 bits per heavy atom. The van der Waals surface area contributed by atoms with Crippen LogP contribution in [0, 0.1) is 0 Å². The van der Waals surface area contributed by atoms with Crippen LogP contribution in [-0.2, 0) is 4.79 Å². The number of hydrogen-bond acceptors (Lipinski definition) is 4. The average molecular weight is 278 g/mol. The van der Waals surface area contributed by atoms with Gasteiger partial charge in [-0.25, -0.2) is 9.59 Å². The summed E-state index contributed by atoms with van der Waals surface area (Å²) in [6.07, 6.45) is -0.322. The van der Waals surface area contributed by atoms with Gasteiger partial charge in [0.15, 0.2) is 6.04 Å². The lowest BCUT2D eigenvalue weighted by Crippen LogP contribution is -2.52. The number of thioether (sulfide) groups is 1. The molecule has 18 heavy (non-hydrogen) atoms. The molecule has 0 aromatic rings. The highest BCUT2D eigenvalue weighted by Crippen LogP contribution is 2.03. The summed E-state index contributed by atoms with van der Waals surface area (Å²) in [4.78, 5) is 22.3. The molecule has 0 heterocycles. The number of carbonyl (C=O) groups is 2. The van der Waals surface area contributed by atoms with Gasteiger partial charge in [-0.15, -0.1) is 0 Å². The van der Waals surface area contributed by atoms with Gasteiger partial charge in [-0.2, -0.15) is 11.8 Å². The minimum Gasteiger partial charge on any atom is -0.480 e. The van der Waals surface area contributed by atoms with Crippen molar-refractivity contribution < 1.29 is 19.8 Å². The molecule has 0 rings (SSSR count). The zero-order chi connectivity index (χ0) is 14.1. The Morgan fingerprint density at radius 3 is 2.33 bits per heavy atom.